The number of nitrogens with one attached hydrogen (secondary N) is 1. The van der Waals surface area contributed by atoms with Crippen molar-refractivity contribution in [2.45, 2.75) is 64.8 Å². The molecule has 0 fully saturated rings. The van der Waals surface area contributed by atoms with Crippen LogP contribution < -0.4 is 5.32 Å². The Morgan fingerprint density at radius 3 is 2.35 bits per heavy atom. The fourth-order valence-electron chi connectivity index (χ4n) is 1.75. The average molecular weight is 287 g/mol. The molecule has 6 nitrogen and oxygen atoms in total. The third-order valence-electron chi connectivity index (χ3n) is 2.84. The van der Waals surface area contributed by atoms with E-state index < -0.39 is 23.9 Å². The topological polar surface area (TPSA) is 92.7 Å². The number of ether oxygens (including phenoxy) is 1. The second-order valence-electron chi connectivity index (χ2n) is 4.61. The SMILES string of the molecule is CCCCCC[C@@H](NC(=O)CCC(=O)OCC)C(=O)O. The first-order chi connectivity index (χ1) is 9.51. The van der Waals surface area contributed by atoms with E-state index in [0.29, 0.717) is 6.42 Å². The molecule has 0 saturated heterocycles. The molecule has 0 rings (SSSR count). The minimum absolute atomic E-state index is 0.0259. The van der Waals surface area contributed by atoms with Crippen molar-refractivity contribution in [2.24, 2.45) is 0 Å². The number of carbonyl (C=O) groups is 3. The third kappa shape index (κ3) is 9.35. The molecule has 2 N–H and O–H groups in total. The molecule has 0 spiro atoms. The predicted octanol–water partition coefficient (Wildman–Crippen LogP) is 1.87. The van der Waals surface area contributed by atoms with E-state index >= 15 is 0 Å². The first-order valence-electron chi connectivity index (χ1n) is 7.19. The van der Waals surface area contributed by atoms with Gasteiger partial charge < -0.3 is 15.2 Å². The molecule has 6 heteroatoms. The fraction of sp³-hybridized carbons (Fsp3) is 0.786. The van der Waals surface area contributed by atoms with Crippen molar-refractivity contribution in [3.8, 4) is 0 Å². The third-order valence-corrected chi connectivity index (χ3v) is 2.84. The Balaban J connectivity index is 4.01. The van der Waals surface area contributed by atoms with Crippen LogP contribution in [0.5, 0.6) is 0 Å². The van der Waals surface area contributed by atoms with Crippen molar-refractivity contribution >= 4 is 17.8 Å². The molecular weight excluding hydrogens is 262 g/mol. The Labute approximate surface area is 119 Å². The van der Waals surface area contributed by atoms with Gasteiger partial charge in [-0.1, -0.05) is 32.6 Å². The number of esters is 1. The number of hydrogen-bond donors (Lipinski definition) is 2. The largest absolute Gasteiger partial charge is 0.480 e. The van der Waals surface area contributed by atoms with E-state index in [0.717, 1.165) is 25.7 Å². The Hall–Kier alpha value is -1.59. The summed E-state index contributed by atoms with van der Waals surface area (Å²) in [6.45, 7) is 4.04. The molecule has 20 heavy (non-hydrogen) atoms. The number of carboxylic acids is 1. The molecule has 0 aliphatic rings. The number of rotatable bonds is 11. The van der Waals surface area contributed by atoms with Gasteiger partial charge in [-0.2, -0.15) is 0 Å². The highest BCUT2D eigenvalue weighted by Crippen LogP contribution is 2.06. The zero-order valence-electron chi connectivity index (χ0n) is 12.3. The highest BCUT2D eigenvalue weighted by molar-refractivity contribution is 5.85. The molecule has 0 unspecified atom stereocenters. The van der Waals surface area contributed by atoms with Crippen molar-refractivity contribution in [2.75, 3.05) is 6.61 Å². The van der Waals surface area contributed by atoms with Crippen molar-refractivity contribution in [1.29, 1.82) is 0 Å². The van der Waals surface area contributed by atoms with Gasteiger partial charge in [-0.15, -0.1) is 0 Å². The summed E-state index contributed by atoms with van der Waals surface area (Å²) in [4.78, 5) is 33.7. The first-order valence-corrected chi connectivity index (χ1v) is 7.19. The zero-order valence-corrected chi connectivity index (χ0v) is 12.3. The summed E-state index contributed by atoms with van der Waals surface area (Å²) in [6.07, 6.45) is 4.20. The van der Waals surface area contributed by atoms with Crippen LogP contribution in [0, 0.1) is 0 Å². The van der Waals surface area contributed by atoms with E-state index in [1.165, 1.54) is 0 Å². The standard InChI is InChI=1S/C14H25NO5/c1-3-5-6-7-8-11(14(18)19)15-12(16)9-10-13(17)20-4-2/h11H,3-10H2,1-2H3,(H,15,16)(H,18,19)/t11-/m1/s1. The highest BCUT2D eigenvalue weighted by atomic mass is 16.5. The fourth-order valence-corrected chi connectivity index (χ4v) is 1.75. The molecule has 116 valence electrons. The van der Waals surface area contributed by atoms with E-state index in [4.69, 9.17) is 9.84 Å². The number of aliphatic carboxylic acids is 1. The van der Waals surface area contributed by atoms with Gasteiger partial charge in [0.25, 0.3) is 0 Å². The Kier molecular flexibility index (Phi) is 10.4. The van der Waals surface area contributed by atoms with Crippen LogP contribution in [0.3, 0.4) is 0 Å². The number of hydrogen-bond acceptors (Lipinski definition) is 4. The molecule has 0 aliphatic heterocycles. The lowest BCUT2D eigenvalue weighted by atomic mass is 10.1. The molecular formula is C14H25NO5. The molecule has 1 amide bonds. The smallest absolute Gasteiger partial charge is 0.326 e. The van der Waals surface area contributed by atoms with Gasteiger partial charge in [-0.25, -0.2) is 4.79 Å². The second kappa shape index (κ2) is 11.3. The van der Waals surface area contributed by atoms with E-state index in [2.05, 4.69) is 12.2 Å². The van der Waals surface area contributed by atoms with Gasteiger partial charge in [0, 0.05) is 6.42 Å². The minimum Gasteiger partial charge on any atom is -0.480 e. The second-order valence-corrected chi connectivity index (χ2v) is 4.61. The van der Waals surface area contributed by atoms with Crippen molar-refractivity contribution in [1.82, 2.24) is 5.32 Å². The number of unbranched alkanes of at least 4 members (excludes halogenated alkanes) is 3. The Bertz CT molecular complexity index is 317. The monoisotopic (exact) mass is 287 g/mol. The summed E-state index contributed by atoms with van der Waals surface area (Å²) in [5.74, 6) is -1.91. The molecule has 0 aromatic rings. The zero-order chi connectivity index (χ0) is 15.4. The maximum atomic E-state index is 11.6. The number of carbonyl (C=O) groups excluding carboxylic acids is 2. The Morgan fingerprint density at radius 2 is 1.80 bits per heavy atom. The predicted molar refractivity (Wildman–Crippen MR) is 74.2 cm³/mol. The van der Waals surface area contributed by atoms with Crippen LogP contribution >= 0.6 is 0 Å². The maximum Gasteiger partial charge on any atom is 0.326 e. The molecule has 0 heterocycles. The highest BCUT2D eigenvalue weighted by Gasteiger charge is 2.19. The van der Waals surface area contributed by atoms with Gasteiger partial charge in [0.15, 0.2) is 0 Å². The normalized spacial score (nSPS) is 11.7. The molecule has 0 radical (unpaired) electrons. The minimum atomic E-state index is -1.04. The maximum absolute atomic E-state index is 11.6. The molecule has 0 aromatic heterocycles. The summed E-state index contributed by atoms with van der Waals surface area (Å²) >= 11 is 0. The molecule has 1 atom stereocenters. The number of amides is 1. The molecule has 0 aliphatic carbocycles. The summed E-state index contributed by atoms with van der Waals surface area (Å²) in [5.41, 5.74) is 0. The summed E-state index contributed by atoms with van der Waals surface area (Å²) < 4.78 is 4.70. The van der Waals surface area contributed by atoms with E-state index in [9.17, 15) is 14.4 Å². The van der Waals surface area contributed by atoms with Gasteiger partial charge in [-0.05, 0) is 13.3 Å². The summed E-state index contributed by atoms with van der Waals surface area (Å²) in [7, 11) is 0. The average Bonchev–Trinajstić information content (AvgIpc) is 2.40. The molecule has 0 aromatic carbocycles. The van der Waals surface area contributed by atoms with Crippen LogP contribution in [-0.2, 0) is 19.1 Å². The lowest BCUT2D eigenvalue weighted by molar-refractivity contribution is -0.145. The van der Waals surface area contributed by atoms with E-state index in [1.807, 2.05) is 0 Å². The van der Waals surface area contributed by atoms with Gasteiger partial charge in [0.05, 0.1) is 13.0 Å². The van der Waals surface area contributed by atoms with Gasteiger partial charge in [-0.3, -0.25) is 9.59 Å². The van der Waals surface area contributed by atoms with Crippen LogP contribution in [0.25, 0.3) is 0 Å². The van der Waals surface area contributed by atoms with Crippen LogP contribution in [0.15, 0.2) is 0 Å². The van der Waals surface area contributed by atoms with Gasteiger partial charge >= 0.3 is 11.9 Å². The summed E-state index contributed by atoms with van der Waals surface area (Å²) in [5, 5.41) is 11.5. The Morgan fingerprint density at radius 1 is 1.10 bits per heavy atom. The van der Waals surface area contributed by atoms with Crippen molar-refractivity contribution in [3.05, 3.63) is 0 Å². The van der Waals surface area contributed by atoms with Crippen molar-refractivity contribution in [3.63, 3.8) is 0 Å². The molecule has 0 bridgehead atoms. The van der Waals surface area contributed by atoms with E-state index in [1.54, 1.807) is 6.92 Å². The van der Waals surface area contributed by atoms with Gasteiger partial charge in [0.2, 0.25) is 5.91 Å². The molecule has 0 saturated carbocycles. The van der Waals surface area contributed by atoms with Crippen LogP contribution in [0.2, 0.25) is 0 Å². The van der Waals surface area contributed by atoms with Gasteiger partial charge in [0.1, 0.15) is 6.04 Å². The quantitative estimate of drug-likeness (QED) is 0.447. The summed E-state index contributed by atoms with van der Waals surface area (Å²) in [6, 6.07) is -0.874. The van der Waals surface area contributed by atoms with E-state index in [-0.39, 0.29) is 19.4 Å². The lowest BCUT2D eigenvalue weighted by Crippen LogP contribution is -2.40. The van der Waals surface area contributed by atoms with Crippen LogP contribution in [-0.4, -0.2) is 35.6 Å². The first kappa shape index (κ1) is 18.4. The van der Waals surface area contributed by atoms with Crippen molar-refractivity contribution < 1.29 is 24.2 Å². The number of carboxylic acid groups (broad SMARTS) is 1. The van der Waals surface area contributed by atoms with Crippen LogP contribution in [0.1, 0.15) is 58.8 Å². The lowest BCUT2D eigenvalue weighted by Gasteiger charge is -2.14. The van der Waals surface area contributed by atoms with Crippen LogP contribution in [0.4, 0.5) is 0 Å².